The number of benzene rings is 1. The summed E-state index contributed by atoms with van der Waals surface area (Å²) in [6.45, 7) is 11.6. The summed E-state index contributed by atoms with van der Waals surface area (Å²) in [5, 5.41) is 12.7. The van der Waals surface area contributed by atoms with Crippen LogP contribution in [0, 0.1) is 12.8 Å². The molecule has 38 heavy (non-hydrogen) atoms. The zero-order valence-corrected chi connectivity index (χ0v) is 24.9. The van der Waals surface area contributed by atoms with Gasteiger partial charge in [-0.25, -0.2) is 9.69 Å². The molecule has 0 aromatic heterocycles. The van der Waals surface area contributed by atoms with E-state index in [0.29, 0.717) is 25.9 Å². The Bertz CT molecular complexity index is 1150. The van der Waals surface area contributed by atoms with Gasteiger partial charge >= 0.3 is 6.03 Å². The second kappa shape index (κ2) is 8.88. The fourth-order valence-electron chi connectivity index (χ4n) is 8.06. The van der Waals surface area contributed by atoms with E-state index >= 15 is 0 Å². The van der Waals surface area contributed by atoms with E-state index < -0.39 is 24.6 Å². The highest BCUT2D eigenvalue weighted by Crippen LogP contribution is 2.62. The third kappa shape index (κ3) is 3.92. The van der Waals surface area contributed by atoms with Crippen molar-refractivity contribution >= 4 is 20.0 Å². The lowest BCUT2D eigenvalue weighted by Gasteiger charge is -2.66. The number of likely N-dealkylation sites (N-methyl/N-ethyl adjacent to an activating group) is 1. The van der Waals surface area contributed by atoms with Gasteiger partial charge in [0.2, 0.25) is 0 Å². The van der Waals surface area contributed by atoms with E-state index in [-0.39, 0.29) is 24.7 Å². The Morgan fingerprint density at radius 1 is 1.13 bits per heavy atom. The van der Waals surface area contributed by atoms with E-state index in [1.807, 2.05) is 0 Å². The average Bonchev–Trinajstić information content (AvgIpc) is 3.65. The first-order chi connectivity index (χ1) is 17.9. The molecule has 8 heteroatoms. The Kier molecular flexibility index (Phi) is 6.19. The molecule has 3 amide bonds. The van der Waals surface area contributed by atoms with E-state index in [1.54, 1.807) is 11.9 Å². The van der Waals surface area contributed by atoms with Gasteiger partial charge in [-0.3, -0.25) is 9.69 Å². The van der Waals surface area contributed by atoms with Gasteiger partial charge in [-0.05, 0) is 81.5 Å². The normalized spacial score (nSPS) is 35.2. The minimum Gasteiger partial charge on any atom is -0.387 e. The van der Waals surface area contributed by atoms with E-state index in [4.69, 9.17) is 4.74 Å². The molecule has 1 aromatic rings. The molecule has 6 rings (SSSR count). The van der Waals surface area contributed by atoms with Gasteiger partial charge in [0.05, 0.1) is 5.60 Å². The van der Waals surface area contributed by atoms with Crippen molar-refractivity contribution in [1.29, 1.82) is 0 Å². The summed E-state index contributed by atoms with van der Waals surface area (Å²) in [6.07, 6.45) is 5.76. The fraction of sp³-hybridized carbons (Fsp3) is 0.733. The van der Waals surface area contributed by atoms with Gasteiger partial charge in [0, 0.05) is 39.7 Å². The lowest BCUT2D eigenvalue weighted by atomic mass is 9.46. The summed E-state index contributed by atoms with van der Waals surface area (Å²) in [6, 6.07) is 7.45. The Balaban J connectivity index is 1.34. The van der Waals surface area contributed by atoms with Gasteiger partial charge in [0.25, 0.3) is 5.91 Å². The van der Waals surface area contributed by atoms with E-state index in [2.05, 4.69) is 49.7 Å². The molecule has 1 spiro atoms. The van der Waals surface area contributed by atoms with E-state index in [0.717, 1.165) is 37.9 Å². The summed E-state index contributed by atoms with van der Waals surface area (Å²) >= 11 is 0. The van der Waals surface area contributed by atoms with Gasteiger partial charge in [-0.2, -0.15) is 0 Å². The Morgan fingerprint density at radius 3 is 2.61 bits per heavy atom. The molecule has 5 aliphatic rings. The molecule has 3 aliphatic carbocycles. The zero-order valence-electron chi connectivity index (χ0n) is 23.9. The van der Waals surface area contributed by atoms with Crippen LogP contribution in [0.4, 0.5) is 4.79 Å². The molecule has 2 bridgehead atoms. The molecular weight excluding hydrogens is 494 g/mol. The van der Waals surface area contributed by atoms with Crippen molar-refractivity contribution in [1.82, 2.24) is 14.7 Å². The number of ether oxygens (including phenoxy) is 1. The van der Waals surface area contributed by atoms with Crippen LogP contribution in [-0.4, -0.2) is 90.5 Å². The highest BCUT2D eigenvalue weighted by atomic mass is 28.3. The summed E-state index contributed by atoms with van der Waals surface area (Å²) in [7, 11) is 0.511. The first-order valence-electron chi connectivity index (χ1n) is 14.6. The summed E-state index contributed by atoms with van der Waals surface area (Å²) in [5.41, 5.74) is 1.30. The largest absolute Gasteiger partial charge is 0.387 e. The summed E-state index contributed by atoms with van der Waals surface area (Å²) < 4.78 is 5.89. The van der Waals surface area contributed by atoms with Crippen molar-refractivity contribution in [2.75, 3.05) is 33.5 Å². The molecule has 1 N–H and O–H groups in total. The van der Waals surface area contributed by atoms with Crippen molar-refractivity contribution in [2.24, 2.45) is 5.92 Å². The fourth-order valence-corrected chi connectivity index (χ4v) is 8.81. The molecule has 4 atom stereocenters. The zero-order chi connectivity index (χ0) is 27.1. The lowest BCUT2D eigenvalue weighted by molar-refractivity contribution is -0.188. The molecule has 2 aliphatic heterocycles. The lowest BCUT2D eigenvalue weighted by Crippen LogP contribution is -2.76. The number of rotatable bonds is 7. The second-order valence-electron chi connectivity index (χ2n) is 14.2. The monoisotopic (exact) mass is 539 g/mol. The second-order valence-corrected chi connectivity index (χ2v) is 19.8. The SMILES string of the molecule is Cc1ccc2c(c1)[C@]13CCN(CC4CC4)[C@H](C2)[C@]1(O)CC[C@]1(C3)C(=O)N(COCC[Si](C)(C)C)C(=O)N1C. The van der Waals surface area contributed by atoms with Crippen molar-refractivity contribution in [2.45, 2.75) is 100 Å². The van der Waals surface area contributed by atoms with E-state index in [9.17, 15) is 14.7 Å². The number of carbonyl (C=O) groups is 2. The van der Waals surface area contributed by atoms with Crippen LogP contribution < -0.4 is 0 Å². The van der Waals surface area contributed by atoms with Gasteiger partial charge < -0.3 is 14.7 Å². The molecule has 1 aromatic carbocycles. The van der Waals surface area contributed by atoms with Gasteiger partial charge in [-0.15, -0.1) is 0 Å². The number of piperidine rings is 1. The van der Waals surface area contributed by atoms with Gasteiger partial charge in [0.15, 0.2) is 0 Å². The number of imide groups is 1. The Labute approximate surface area is 228 Å². The standard InChI is InChI=1S/C30H45N3O4Si/c1-21-6-9-23-17-25-30(36)11-10-29(19-28(30,24(23)16-21)12-13-32(25)18-22-7-8-22)26(34)33(27(35)31(29)2)20-37-14-15-38(3,4)5/h6,9,16,22,25,36H,7-8,10-15,17-20H2,1-5H3/t25-,28-,29+,30-/m1/s1. The van der Waals surface area contributed by atoms with E-state index in [1.165, 1.54) is 34.4 Å². The molecule has 2 heterocycles. The van der Waals surface area contributed by atoms with Crippen molar-refractivity contribution in [3.63, 3.8) is 0 Å². The number of nitrogens with zero attached hydrogens (tertiary/aromatic N) is 3. The van der Waals surface area contributed by atoms with Gasteiger partial charge in [0.1, 0.15) is 12.3 Å². The number of aliphatic hydroxyl groups is 1. The summed E-state index contributed by atoms with van der Waals surface area (Å²) in [5.74, 6) is 0.612. The third-order valence-electron chi connectivity index (χ3n) is 10.6. The number of hydrogen-bond acceptors (Lipinski definition) is 5. The molecule has 7 nitrogen and oxygen atoms in total. The van der Waals surface area contributed by atoms with Crippen LogP contribution in [0.15, 0.2) is 18.2 Å². The third-order valence-corrected chi connectivity index (χ3v) is 12.3. The number of fused-ring (bicyclic) bond motifs is 1. The minimum absolute atomic E-state index is 0.0129. The first-order valence-corrected chi connectivity index (χ1v) is 18.3. The highest BCUT2D eigenvalue weighted by Gasteiger charge is 2.71. The van der Waals surface area contributed by atoms with Gasteiger partial charge in [-0.1, -0.05) is 43.4 Å². The molecule has 2 saturated heterocycles. The maximum Gasteiger partial charge on any atom is 0.329 e. The topological polar surface area (TPSA) is 73.3 Å². The smallest absolute Gasteiger partial charge is 0.329 e. The number of likely N-dealkylation sites (tertiary alicyclic amines) is 1. The number of amides is 3. The van der Waals surface area contributed by atoms with Crippen LogP contribution in [0.2, 0.25) is 25.7 Å². The maximum atomic E-state index is 14.1. The molecule has 0 unspecified atom stereocenters. The summed E-state index contributed by atoms with van der Waals surface area (Å²) in [4.78, 5) is 33.2. The van der Waals surface area contributed by atoms with Crippen LogP contribution in [0.25, 0.3) is 0 Å². The predicted molar refractivity (Wildman–Crippen MR) is 150 cm³/mol. The molecule has 4 fully saturated rings. The van der Waals surface area contributed by atoms with Crippen molar-refractivity contribution < 1.29 is 19.4 Å². The molecule has 0 radical (unpaired) electrons. The molecule has 2 saturated carbocycles. The number of carbonyl (C=O) groups excluding carboxylic acids is 2. The Hall–Kier alpha value is -1.74. The number of hydrogen-bond donors (Lipinski definition) is 1. The highest BCUT2D eigenvalue weighted by molar-refractivity contribution is 6.76. The predicted octanol–water partition coefficient (Wildman–Crippen LogP) is 4.13. The van der Waals surface area contributed by atoms with Crippen LogP contribution in [0.1, 0.15) is 55.2 Å². The number of urea groups is 1. The van der Waals surface area contributed by atoms with Crippen LogP contribution in [0.5, 0.6) is 0 Å². The number of aryl methyl sites for hydroxylation is 1. The Morgan fingerprint density at radius 2 is 1.89 bits per heavy atom. The quantitative estimate of drug-likeness (QED) is 0.320. The average molecular weight is 540 g/mol. The van der Waals surface area contributed by atoms with Crippen molar-refractivity contribution in [3.05, 3.63) is 34.9 Å². The molecular formula is C30H45N3O4Si. The maximum absolute atomic E-state index is 14.1. The first kappa shape index (κ1) is 26.5. The molecule has 208 valence electrons. The van der Waals surface area contributed by atoms with Crippen LogP contribution >= 0.6 is 0 Å². The van der Waals surface area contributed by atoms with Crippen LogP contribution in [-0.2, 0) is 21.4 Å². The minimum atomic E-state index is -1.27. The van der Waals surface area contributed by atoms with Crippen LogP contribution in [0.3, 0.4) is 0 Å². The van der Waals surface area contributed by atoms with Crippen molar-refractivity contribution in [3.8, 4) is 0 Å².